The minimum Gasteiger partial charge on any atom is -0.478 e. The second-order valence-corrected chi connectivity index (χ2v) is 4.90. The average Bonchev–Trinajstić information content (AvgIpc) is 2.26. The van der Waals surface area contributed by atoms with E-state index in [1.54, 1.807) is 43.0 Å². The first-order chi connectivity index (χ1) is 7.50. The number of rotatable bonds is 5. The lowest BCUT2D eigenvalue weighted by molar-refractivity contribution is -0.116. The molecule has 0 aromatic heterocycles. The normalized spacial score (nSPS) is 12.1. The van der Waals surface area contributed by atoms with E-state index in [-0.39, 0.29) is 16.6 Å². The third kappa shape index (κ3) is 3.70. The van der Waals surface area contributed by atoms with Crippen LogP contribution in [0.2, 0.25) is 0 Å². The molecule has 1 atom stereocenters. The summed E-state index contributed by atoms with van der Waals surface area (Å²) in [6.45, 7) is 3.45. The van der Waals surface area contributed by atoms with Crippen molar-refractivity contribution >= 4 is 23.5 Å². The van der Waals surface area contributed by atoms with Crippen molar-refractivity contribution in [3.8, 4) is 0 Å². The lowest BCUT2D eigenvalue weighted by Crippen LogP contribution is -2.08. The first-order valence-corrected chi connectivity index (χ1v) is 6.00. The van der Waals surface area contributed by atoms with Crippen LogP contribution in [0.5, 0.6) is 0 Å². The molecule has 0 aliphatic rings. The molecule has 86 valence electrons. The van der Waals surface area contributed by atoms with Crippen LogP contribution in [0, 0.1) is 0 Å². The van der Waals surface area contributed by atoms with Gasteiger partial charge in [-0.3, -0.25) is 4.79 Å². The fourth-order valence-corrected chi connectivity index (χ4v) is 1.95. The summed E-state index contributed by atoms with van der Waals surface area (Å²) < 4.78 is 0. The van der Waals surface area contributed by atoms with Gasteiger partial charge in [0.15, 0.2) is 0 Å². The van der Waals surface area contributed by atoms with Crippen LogP contribution >= 0.6 is 11.8 Å². The molecule has 0 radical (unpaired) electrons. The predicted molar refractivity (Wildman–Crippen MR) is 64.8 cm³/mol. The fraction of sp³-hybridized carbons (Fsp3) is 0.333. The lowest BCUT2D eigenvalue weighted by atomic mass is 10.1. The van der Waals surface area contributed by atoms with Crippen molar-refractivity contribution in [2.45, 2.75) is 24.9 Å². The smallest absolute Gasteiger partial charge is 0.335 e. The summed E-state index contributed by atoms with van der Waals surface area (Å²) >= 11 is 1.55. The maximum Gasteiger partial charge on any atom is 0.335 e. The molecule has 0 heterocycles. The number of Topliss-reactive ketones (excluding diaryl/α,β-unsaturated/α-hetero) is 1. The van der Waals surface area contributed by atoms with Gasteiger partial charge in [-0.15, -0.1) is 11.8 Å². The largest absolute Gasteiger partial charge is 0.478 e. The molecule has 3 nitrogen and oxygen atoms in total. The van der Waals surface area contributed by atoms with E-state index in [9.17, 15) is 9.59 Å². The number of carboxylic acid groups (broad SMARTS) is 1. The van der Waals surface area contributed by atoms with Crippen LogP contribution in [0.15, 0.2) is 24.3 Å². The molecule has 0 amide bonds. The van der Waals surface area contributed by atoms with Crippen molar-refractivity contribution in [2.24, 2.45) is 0 Å². The van der Waals surface area contributed by atoms with E-state index in [1.807, 2.05) is 6.92 Å². The zero-order valence-electron chi connectivity index (χ0n) is 9.27. The molecule has 1 aromatic rings. The lowest BCUT2D eigenvalue weighted by Gasteiger charge is -2.07. The molecule has 0 saturated heterocycles. The Kier molecular flexibility index (Phi) is 4.55. The molecule has 1 N–H and O–H groups in total. The van der Waals surface area contributed by atoms with Gasteiger partial charge in [-0.25, -0.2) is 4.79 Å². The molecule has 0 aliphatic heterocycles. The van der Waals surface area contributed by atoms with Crippen molar-refractivity contribution in [1.29, 1.82) is 0 Å². The van der Waals surface area contributed by atoms with Gasteiger partial charge in [-0.1, -0.05) is 12.1 Å². The third-order valence-electron chi connectivity index (χ3n) is 2.27. The van der Waals surface area contributed by atoms with E-state index >= 15 is 0 Å². The van der Waals surface area contributed by atoms with Crippen LogP contribution in [0.1, 0.15) is 29.8 Å². The predicted octanol–water partition coefficient (Wildman–Crippen LogP) is 2.60. The van der Waals surface area contributed by atoms with Gasteiger partial charge >= 0.3 is 5.97 Å². The molecule has 0 spiro atoms. The molecule has 1 aromatic carbocycles. The Morgan fingerprint density at radius 1 is 1.31 bits per heavy atom. The summed E-state index contributed by atoms with van der Waals surface area (Å²) in [5, 5.41) is 8.70. The van der Waals surface area contributed by atoms with E-state index < -0.39 is 5.97 Å². The van der Waals surface area contributed by atoms with Crippen LogP contribution < -0.4 is 0 Å². The zero-order valence-corrected chi connectivity index (χ0v) is 10.1. The highest BCUT2D eigenvalue weighted by Crippen LogP contribution is 2.18. The molecule has 1 rings (SSSR count). The highest BCUT2D eigenvalue weighted by atomic mass is 32.2. The molecule has 4 heteroatoms. The second kappa shape index (κ2) is 5.70. The monoisotopic (exact) mass is 238 g/mol. The van der Waals surface area contributed by atoms with Crippen LogP contribution in [0.4, 0.5) is 0 Å². The Morgan fingerprint density at radius 3 is 2.31 bits per heavy atom. The third-order valence-corrected chi connectivity index (χ3v) is 3.61. The van der Waals surface area contributed by atoms with Crippen molar-refractivity contribution in [3.63, 3.8) is 0 Å². The first-order valence-electron chi connectivity index (χ1n) is 4.95. The van der Waals surface area contributed by atoms with Crippen LogP contribution in [0.3, 0.4) is 0 Å². The van der Waals surface area contributed by atoms with Crippen molar-refractivity contribution < 1.29 is 14.7 Å². The standard InChI is InChI=1S/C12H14O3S/c1-8(13)9(2)16-7-10-3-5-11(6-4-10)12(14)15/h3-6,9H,7H2,1-2H3,(H,14,15). The first kappa shape index (κ1) is 12.8. The molecular formula is C12H14O3S. The van der Waals surface area contributed by atoms with Crippen molar-refractivity contribution in [3.05, 3.63) is 35.4 Å². The summed E-state index contributed by atoms with van der Waals surface area (Å²) in [5.74, 6) is -0.0378. The van der Waals surface area contributed by atoms with Crippen LogP contribution in [0.25, 0.3) is 0 Å². The van der Waals surface area contributed by atoms with Gasteiger partial charge < -0.3 is 5.11 Å². The molecule has 0 saturated carbocycles. The van der Waals surface area contributed by atoms with Crippen molar-refractivity contribution in [2.75, 3.05) is 0 Å². The highest BCUT2D eigenvalue weighted by Gasteiger charge is 2.08. The number of carbonyl (C=O) groups is 2. The molecular weight excluding hydrogens is 224 g/mol. The van der Waals surface area contributed by atoms with Gasteiger partial charge in [-0.05, 0) is 31.5 Å². The number of benzene rings is 1. The van der Waals surface area contributed by atoms with Gasteiger partial charge in [0.2, 0.25) is 0 Å². The number of thioether (sulfide) groups is 1. The number of hydrogen-bond acceptors (Lipinski definition) is 3. The maximum atomic E-state index is 11.0. The van der Waals surface area contributed by atoms with E-state index in [0.717, 1.165) is 11.3 Å². The molecule has 0 fully saturated rings. The van der Waals surface area contributed by atoms with E-state index in [0.29, 0.717) is 0 Å². The average molecular weight is 238 g/mol. The van der Waals surface area contributed by atoms with Crippen molar-refractivity contribution in [1.82, 2.24) is 0 Å². The van der Waals surface area contributed by atoms with Gasteiger partial charge in [0.25, 0.3) is 0 Å². The van der Waals surface area contributed by atoms with Gasteiger partial charge in [0.1, 0.15) is 5.78 Å². The van der Waals surface area contributed by atoms with Gasteiger partial charge in [0, 0.05) is 5.75 Å². The number of carboxylic acids is 1. The quantitative estimate of drug-likeness (QED) is 0.856. The Morgan fingerprint density at radius 2 is 1.88 bits per heavy atom. The number of hydrogen-bond donors (Lipinski definition) is 1. The maximum absolute atomic E-state index is 11.0. The topological polar surface area (TPSA) is 54.4 Å². The summed E-state index contributed by atoms with van der Waals surface area (Å²) in [4.78, 5) is 21.6. The zero-order chi connectivity index (χ0) is 12.1. The summed E-state index contributed by atoms with van der Waals surface area (Å²) in [5.41, 5.74) is 1.32. The number of aromatic carboxylic acids is 1. The minimum atomic E-state index is -0.920. The molecule has 16 heavy (non-hydrogen) atoms. The minimum absolute atomic E-state index is 0.0147. The van der Waals surface area contributed by atoms with Gasteiger partial charge in [-0.2, -0.15) is 0 Å². The fourth-order valence-electron chi connectivity index (χ4n) is 1.08. The Balaban J connectivity index is 2.56. The van der Waals surface area contributed by atoms with E-state index in [2.05, 4.69) is 0 Å². The van der Waals surface area contributed by atoms with E-state index in [4.69, 9.17) is 5.11 Å². The Hall–Kier alpha value is -1.29. The van der Waals surface area contributed by atoms with Gasteiger partial charge in [0.05, 0.1) is 10.8 Å². The molecule has 0 bridgehead atoms. The molecule has 1 unspecified atom stereocenters. The SMILES string of the molecule is CC(=O)C(C)SCc1ccc(C(=O)O)cc1. The number of carbonyl (C=O) groups excluding carboxylic acids is 1. The van der Waals surface area contributed by atoms with Crippen LogP contribution in [-0.2, 0) is 10.5 Å². The Labute approximate surface area is 98.9 Å². The summed E-state index contributed by atoms with van der Waals surface area (Å²) in [7, 11) is 0. The molecule has 0 aliphatic carbocycles. The summed E-state index contributed by atoms with van der Waals surface area (Å²) in [6.07, 6.45) is 0. The summed E-state index contributed by atoms with van der Waals surface area (Å²) in [6, 6.07) is 6.72. The highest BCUT2D eigenvalue weighted by molar-refractivity contribution is 7.99. The number of ketones is 1. The second-order valence-electron chi connectivity index (χ2n) is 3.57. The Bertz CT molecular complexity index is 384. The van der Waals surface area contributed by atoms with E-state index in [1.165, 1.54) is 0 Å². The van der Waals surface area contributed by atoms with Crippen LogP contribution in [-0.4, -0.2) is 22.1 Å².